The summed E-state index contributed by atoms with van der Waals surface area (Å²) < 4.78 is 0. The van der Waals surface area contributed by atoms with Gasteiger partial charge < -0.3 is 16.0 Å². The molecular weight excluding hydrogens is 358 g/mol. The van der Waals surface area contributed by atoms with Gasteiger partial charge in [0.1, 0.15) is 0 Å². The van der Waals surface area contributed by atoms with Gasteiger partial charge in [-0.25, -0.2) is 4.98 Å². The van der Waals surface area contributed by atoms with Gasteiger partial charge >= 0.3 is 0 Å². The summed E-state index contributed by atoms with van der Waals surface area (Å²) in [5.74, 6) is 1.13. The first-order valence-corrected chi connectivity index (χ1v) is 11.3. The Balaban J connectivity index is 1.51. The molecule has 6 nitrogen and oxygen atoms in total. The summed E-state index contributed by atoms with van der Waals surface area (Å²) in [7, 11) is 0. The molecule has 1 amide bonds. The van der Waals surface area contributed by atoms with E-state index in [2.05, 4.69) is 17.1 Å². The van der Waals surface area contributed by atoms with Crippen molar-refractivity contribution in [3.05, 3.63) is 15.6 Å². The quantitative estimate of drug-likeness (QED) is 0.425. The van der Waals surface area contributed by atoms with Gasteiger partial charge in [-0.15, -0.1) is 11.3 Å². The van der Waals surface area contributed by atoms with Crippen molar-refractivity contribution in [1.82, 2.24) is 15.2 Å². The Morgan fingerprint density at radius 3 is 3.00 bits per heavy atom. The molecule has 0 saturated carbocycles. The summed E-state index contributed by atoms with van der Waals surface area (Å²) in [6.45, 7) is 5.63. The van der Waals surface area contributed by atoms with Crippen molar-refractivity contribution in [2.75, 3.05) is 26.2 Å². The highest BCUT2D eigenvalue weighted by Crippen LogP contribution is 2.27. The van der Waals surface area contributed by atoms with Crippen LogP contribution in [0.5, 0.6) is 0 Å². The van der Waals surface area contributed by atoms with Gasteiger partial charge in [-0.2, -0.15) is 0 Å². The van der Waals surface area contributed by atoms with Crippen LogP contribution in [0.2, 0.25) is 0 Å². The van der Waals surface area contributed by atoms with Crippen LogP contribution in [0.15, 0.2) is 4.99 Å². The lowest BCUT2D eigenvalue weighted by atomic mass is 9.95. The Morgan fingerprint density at radius 2 is 2.22 bits per heavy atom. The number of hydrogen-bond donors (Lipinski definition) is 2. The Labute approximate surface area is 166 Å². The molecule has 0 spiro atoms. The summed E-state index contributed by atoms with van der Waals surface area (Å²) in [5.41, 5.74) is 6.74. The predicted octanol–water partition coefficient (Wildman–Crippen LogP) is 2.51. The van der Waals surface area contributed by atoms with Crippen LogP contribution in [-0.2, 0) is 24.1 Å². The number of fused-ring (bicyclic) bond motifs is 1. The average Bonchev–Trinajstić information content (AvgIpc) is 3.07. The minimum Gasteiger partial charge on any atom is -0.370 e. The lowest BCUT2D eigenvalue weighted by Crippen LogP contribution is -2.47. The van der Waals surface area contributed by atoms with Gasteiger partial charge in [0, 0.05) is 43.9 Å². The number of carbonyl (C=O) groups excluding carboxylic acids is 1. The van der Waals surface area contributed by atoms with Crippen LogP contribution in [0, 0.1) is 5.92 Å². The van der Waals surface area contributed by atoms with E-state index in [9.17, 15) is 4.79 Å². The smallest absolute Gasteiger partial charge is 0.217 e. The number of guanidine groups is 1. The van der Waals surface area contributed by atoms with Gasteiger partial charge in [-0.1, -0.05) is 0 Å². The first-order chi connectivity index (χ1) is 13.2. The third-order valence-corrected chi connectivity index (χ3v) is 6.56. The van der Waals surface area contributed by atoms with E-state index >= 15 is 0 Å². The van der Waals surface area contributed by atoms with E-state index in [1.54, 1.807) is 0 Å². The summed E-state index contributed by atoms with van der Waals surface area (Å²) in [4.78, 5) is 24.7. The number of nitrogens with one attached hydrogen (secondary N) is 1. The number of aryl methyl sites for hydroxylation is 3. The SMILES string of the molecule is CCNC(=NCCCc1nc2c(s1)CCCC2)N1CCCC(CC(N)=O)C1. The molecule has 7 heteroatoms. The molecule has 0 radical (unpaired) electrons. The minimum atomic E-state index is -0.199. The molecule has 27 heavy (non-hydrogen) atoms. The number of aliphatic imine (C=N–C) groups is 1. The molecule has 3 N–H and O–H groups in total. The second-order valence-corrected chi connectivity index (χ2v) is 8.82. The summed E-state index contributed by atoms with van der Waals surface area (Å²) in [5, 5.41) is 4.69. The number of piperidine rings is 1. The Hall–Kier alpha value is -1.63. The lowest BCUT2D eigenvalue weighted by Gasteiger charge is -2.34. The van der Waals surface area contributed by atoms with E-state index in [1.807, 2.05) is 11.3 Å². The summed E-state index contributed by atoms with van der Waals surface area (Å²) >= 11 is 1.91. The van der Waals surface area contributed by atoms with Gasteiger partial charge in [0.05, 0.1) is 10.7 Å². The number of primary amides is 1. The molecule has 2 heterocycles. The molecule has 1 fully saturated rings. The van der Waals surface area contributed by atoms with Crippen LogP contribution in [0.25, 0.3) is 0 Å². The molecule has 1 saturated heterocycles. The van der Waals surface area contributed by atoms with Crippen molar-refractivity contribution in [2.45, 2.75) is 64.7 Å². The zero-order valence-corrected chi connectivity index (χ0v) is 17.3. The molecule has 1 aromatic rings. The van der Waals surface area contributed by atoms with E-state index in [-0.39, 0.29) is 5.91 Å². The highest BCUT2D eigenvalue weighted by Gasteiger charge is 2.23. The number of rotatable bonds is 7. The average molecular weight is 392 g/mol. The Bertz CT molecular complexity index is 633. The molecule has 1 unspecified atom stereocenters. The maximum atomic E-state index is 11.2. The number of carbonyl (C=O) groups is 1. The summed E-state index contributed by atoms with van der Waals surface area (Å²) in [6, 6.07) is 0. The first-order valence-electron chi connectivity index (χ1n) is 10.4. The second kappa shape index (κ2) is 10.1. The number of aromatic nitrogens is 1. The van der Waals surface area contributed by atoms with E-state index in [1.165, 1.54) is 34.8 Å². The number of nitrogens with zero attached hydrogens (tertiary/aromatic N) is 3. The molecule has 1 aliphatic heterocycles. The monoisotopic (exact) mass is 391 g/mol. The van der Waals surface area contributed by atoms with Crippen LogP contribution in [0.4, 0.5) is 0 Å². The van der Waals surface area contributed by atoms with Crippen molar-refractivity contribution in [2.24, 2.45) is 16.6 Å². The van der Waals surface area contributed by atoms with Crippen molar-refractivity contribution >= 4 is 23.2 Å². The summed E-state index contributed by atoms with van der Waals surface area (Å²) in [6.07, 6.45) is 9.68. The third-order valence-electron chi connectivity index (χ3n) is 5.34. The molecule has 0 bridgehead atoms. The van der Waals surface area contributed by atoms with Gasteiger partial charge in [-0.3, -0.25) is 9.79 Å². The highest BCUT2D eigenvalue weighted by atomic mass is 32.1. The van der Waals surface area contributed by atoms with Crippen molar-refractivity contribution in [1.29, 1.82) is 0 Å². The normalized spacial score (nSPS) is 20.4. The Morgan fingerprint density at radius 1 is 1.37 bits per heavy atom. The van der Waals surface area contributed by atoms with Crippen molar-refractivity contribution < 1.29 is 4.79 Å². The van der Waals surface area contributed by atoms with E-state index in [0.29, 0.717) is 12.3 Å². The fraction of sp³-hybridized carbons (Fsp3) is 0.750. The molecule has 3 rings (SSSR count). The molecule has 2 aliphatic rings. The molecule has 1 aliphatic carbocycles. The van der Waals surface area contributed by atoms with Crippen molar-refractivity contribution in [3.8, 4) is 0 Å². The van der Waals surface area contributed by atoms with Gasteiger partial charge in [0.15, 0.2) is 5.96 Å². The topological polar surface area (TPSA) is 83.6 Å². The van der Waals surface area contributed by atoms with Crippen molar-refractivity contribution in [3.63, 3.8) is 0 Å². The number of thiazole rings is 1. The number of hydrogen-bond acceptors (Lipinski definition) is 4. The number of likely N-dealkylation sites (tertiary alicyclic amines) is 1. The molecule has 0 aromatic carbocycles. The standard InChI is InChI=1S/C20H33N5OS/c1-2-22-20(25-12-6-7-15(14-25)13-18(21)26)23-11-5-10-19-24-16-8-3-4-9-17(16)27-19/h15H,2-14H2,1H3,(H2,21,26)(H,22,23). The van der Waals surface area contributed by atoms with Gasteiger partial charge in [0.2, 0.25) is 5.91 Å². The zero-order chi connectivity index (χ0) is 19.1. The van der Waals surface area contributed by atoms with E-state index < -0.39 is 0 Å². The number of nitrogens with two attached hydrogens (primary N) is 1. The first kappa shape index (κ1) is 20.1. The molecule has 1 aromatic heterocycles. The lowest BCUT2D eigenvalue weighted by molar-refractivity contribution is -0.119. The molecule has 1 atom stereocenters. The van der Waals surface area contributed by atoms with Crippen LogP contribution < -0.4 is 11.1 Å². The fourth-order valence-corrected chi connectivity index (χ4v) is 5.26. The van der Waals surface area contributed by atoms with Crippen LogP contribution in [0.3, 0.4) is 0 Å². The fourth-order valence-electron chi connectivity index (χ4n) is 4.06. The zero-order valence-electron chi connectivity index (χ0n) is 16.5. The minimum absolute atomic E-state index is 0.199. The Kier molecular flexibility index (Phi) is 7.50. The van der Waals surface area contributed by atoms with Crippen LogP contribution in [-0.4, -0.2) is 47.9 Å². The maximum absolute atomic E-state index is 11.2. The van der Waals surface area contributed by atoms with Crippen LogP contribution >= 0.6 is 11.3 Å². The molecule has 150 valence electrons. The molecular formula is C20H33N5OS. The van der Waals surface area contributed by atoms with Gasteiger partial charge in [0.25, 0.3) is 0 Å². The maximum Gasteiger partial charge on any atom is 0.217 e. The van der Waals surface area contributed by atoms with E-state index in [4.69, 9.17) is 15.7 Å². The number of amides is 1. The third kappa shape index (κ3) is 5.92. The van der Waals surface area contributed by atoms with E-state index in [0.717, 1.165) is 64.2 Å². The predicted molar refractivity (Wildman–Crippen MR) is 111 cm³/mol. The van der Waals surface area contributed by atoms with Crippen LogP contribution in [0.1, 0.15) is 61.0 Å². The highest BCUT2D eigenvalue weighted by molar-refractivity contribution is 7.11. The van der Waals surface area contributed by atoms with Gasteiger partial charge in [-0.05, 0) is 57.8 Å². The largest absolute Gasteiger partial charge is 0.370 e. The second-order valence-electron chi connectivity index (χ2n) is 7.65.